The summed E-state index contributed by atoms with van der Waals surface area (Å²) in [4.78, 5) is 7.47. The highest BCUT2D eigenvalue weighted by atomic mass is 127. The number of hydrogen-bond donors (Lipinski definition) is 2. The van der Waals surface area contributed by atoms with Crippen molar-refractivity contribution < 1.29 is 4.39 Å². The van der Waals surface area contributed by atoms with Gasteiger partial charge in [-0.15, -0.1) is 24.0 Å². The molecule has 0 bridgehead atoms. The molecule has 1 rings (SSSR count). The summed E-state index contributed by atoms with van der Waals surface area (Å²) >= 11 is 0. The second-order valence-corrected chi connectivity index (χ2v) is 2.21. The monoisotopic (exact) mass is 296 g/mol. The topological polar surface area (TPSA) is 77.3 Å². The van der Waals surface area contributed by atoms with Gasteiger partial charge in [-0.05, 0) is 12.1 Å². The lowest BCUT2D eigenvalue weighted by molar-refractivity contribution is 0.619. The summed E-state index contributed by atoms with van der Waals surface area (Å²) < 4.78 is 12.3. The van der Waals surface area contributed by atoms with Gasteiger partial charge in [0.15, 0.2) is 5.96 Å². The van der Waals surface area contributed by atoms with Crippen molar-refractivity contribution >= 4 is 29.9 Å². The summed E-state index contributed by atoms with van der Waals surface area (Å²) in [6.07, 6.45) is 1.12. The average molecular weight is 296 g/mol. The van der Waals surface area contributed by atoms with Crippen LogP contribution in [0.1, 0.15) is 5.69 Å². The van der Waals surface area contributed by atoms with E-state index in [0.29, 0.717) is 5.69 Å². The van der Waals surface area contributed by atoms with E-state index in [1.165, 1.54) is 12.1 Å². The Bertz CT molecular complexity index is 281. The smallest absolute Gasteiger partial charge is 0.186 e. The summed E-state index contributed by atoms with van der Waals surface area (Å²) in [5.74, 6) is -0.371. The van der Waals surface area contributed by atoms with Gasteiger partial charge in [-0.1, -0.05) is 0 Å². The van der Waals surface area contributed by atoms with Crippen molar-refractivity contribution in [3.63, 3.8) is 0 Å². The lowest BCUT2D eigenvalue weighted by atomic mass is 10.3. The van der Waals surface area contributed by atoms with Crippen LogP contribution in [-0.4, -0.2) is 10.9 Å². The standard InChI is InChI=1S/C7H9FN4.HI/c8-5-1-2-6(11-3-5)4-12-7(9)10;/h1-3H,4H2,(H4,9,10,12);1H. The minimum absolute atomic E-state index is 0. The maximum absolute atomic E-state index is 12.3. The van der Waals surface area contributed by atoms with Crippen molar-refractivity contribution in [2.45, 2.75) is 6.54 Å². The summed E-state index contributed by atoms with van der Waals surface area (Å²) in [7, 11) is 0. The normalized spacial score (nSPS) is 8.69. The van der Waals surface area contributed by atoms with Gasteiger partial charge in [0.05, 0.1) is 18.4 Å². The molecule has 0 aliphatic rings. The van der Waals surface area contributed by atoms with Gasteiger partial charge in [0.25, 0.3) is 0 Å². The zero-order chi connectivity index (χ0) is 8.97. The number of nitrogens with zero attached hydrogens (tertiary/aromatic N) is 2. The van der Waals surface area contributed by atoms with Gasteiger partial charge in [0.1, 0.15) is 5.82 Å². The van der Waals surface area contributed by atoms with Crippen molar-refractivity contribution in [2.24, 2.45) is 16.5 Å². The Labute approximate surface area is 92.3 Å². The molecule has 0 aliphatic carbocycles. The first-order valence-electron chi connectivity index (χ1n) is 3.34. The summed E-state index contributed by atoms with van der Waals surface area (Å²) in [5.41, 5.74) is 10.8. The first-order chi connectivity index (χ1) is 5.68. The van der Waals surface area contributed by atoms with Crippen LogP contribution in [0.3, 0.4) is 0 Å². The highest BCUT2D eigenvalue weighted by Crippen LogP contribution is 1.98. The lowest BCUT2D eigenvalue weighted by Crippen LogP contribution is -2.22. The molecule has 0 fully saturated rings. The minimum Gasteiger partial charge on any atom is -0.370 e. The first kappa shape index (κ1) is 12.1. The highest BCUT2D eigenvalue weighted by molar-refractivity contribution is 14.0. The van der Waals surface area contributed by atoms with E-state index in [0.717, 1.165) is 6.20 Å². The first-order valence-corrected chi connectivity index (χ1v) is 3.34. The van der Waals surface area contributed by atoms with Crippen LogP contribution in [0.4, 0.5) is 4.39 Å². The number of nitrogens with two attached hydrogens (primary N) is 2. The average Bonchev–Trinajstić information content (AvgIpc) is 2.03. The van der Waals surface area contributed by atoms with Gasteiger partial charge >= 0.3 is 0 Å². The molecule has 0 atom stereocenters. The van der Waals surface area contributed by atoms with Gasteiger partial charge in [-0.3, -0.25) is 4.98 Å². The van der Waals surface area contributed by atoms with E-state index in [-0.39, 0.29) is 42.3 Å². The molecule has 0 amide bonds. The number of aliphatic imine (C=N–C) groups is 1. The summed E-state index contributed by atoms with van der Waals surface area (Å²) in [6, 6.07) is 2.84. The van der Waals surface area contributed by atoms with Crippen LogP contribution < -0.4 is 11.5 Å². The Balaban J connectivity index is 0.00000144. The maximum Gasteiger partial charge on any atom is 0.186 e. The second kappa shape index (κ2) is 5.68. The van der Waals surface area contributed by atoms with Crippen molar-refractivity contribution in [1.29, 1.82) is 0 Å². The third-order valence-electron chi connectivity index (χ3n) is 1.21. The molecule has 0 unspecified atom stereocenters. The summed E-state index contributed by atoms with van der Waals surface area (Å²) in [6.45, 7) is 0.280. The van der Waals surface area contributed by atoms with Crippen LogP contribution >= 0.6 is 24.0 Å². The lowest BCUT2D eigenvalue weighted by Gasteiger charge is -1.95. The predicted molar refractivity (Wildman–Crippen MR) is 59.1 cm³/mol. The number of rotatable bonds is 2. The highest BCUT2D eigenvalue weighted by Gasteiger charge is 1.93. The van der Waals surface area contributed by atoms with Crippen LogP contribution in [0.2, 0.25) is 0 Å². The molecule has 6 heteroatoms. The molecule has 0 spiro atoms. The predicted octanol–water partition coefficient (Wildman–Crippen LogP) is 0.612. The molecule has 1 aromatic rings. The molecular weight excluding hydrogens is 286 g/mol. The molecule has 0 radical (unpaired) electrons. The Hall–Kier alpha value is -0.920. The quantitative estimate of drug-likeness (QED) is 0.477. The molecule has 0 saturated heterocycles. The fourth-order valence-corrected chi connectivity index (χ4v) is 0.672. The SMILES string of the molecule is I.NC(N)=NCc1ccc(F)cn1. The van der Waals surface area contributed by atoms with E-state index in [4.69, 9.17) is 11.5 Å². The molecule has 72 valence electrons. The number of aromatic nitrogens is 1. The number of halogens is 2. The number of pyridine rings is 1. The Morgan fingerprint density at radius 3 is 2.62 bits per heavy atom. The number of guanidine groups is 1. The van der Waals surface area contributed by atoms with Gasteiger partial charge in [-0.2, -0.15) is 0 Å². The Morgan fingerprint density at radius 2 is 2.15 bits per heavy atom. The van der Waals surface area contributed by atoms with E-state index >= 15 is 0 Å². The largest absolute Gasteiger partial charge is 0.370 e. The van der Waals surface area contributed by atoms with Crippen LogP contribution in [0, 0.1) is 5.82 Å². The van der Waals surface area contributed by atoms with Gasteiger partial charge < -0.3 is 11.5 Å². The molecule has 1 aromatic heterocycles. The van der Waals surface area contributed by atoms with Gasteiger partial charge in [-0.25, -0.2) is 9.38 Å². The molecule has 1 heterocycles. The van der Waals surface area contributed by atoms with Crippen LogP contribution in [-0.2, 0) is 6.54 Å². The fraction of sp³-hybridized carbons (Fsp3) is 0.143. The molecule has 0 saturated carbocycles. The van der Waals surface area contributed by atoms with E-state index in [2.05, 4.69) is 9.98 Å². The Morgan fingerprint density at radius 1 is 1.46 bits per heavy atom. The molecule has 4 N–H and O–H groups in total. The zero-order valence-corrected chi connectivity index (χ0v) is 9.10. The van der Waals surface area contributed by atoms with E-state index < -0.39 is 0 Å². The van der Waals surface area contributed by atoms with Gasteiger partial charge in [0, 0.05) is 0 Å². The van der Waals surface area contributed by atoms with Crippen molar-refractivity contribution in [3.8, 4) is 0 Å². The van der Waals surface area contributed by atoms with Crippen molar-refractivity contribution in [3.05, 3.63) is 29.8 Å². The third-order valence-corrected chi connectivity index (χ3v) is 1.21. The Kier molecular flexibility index (Phi) is 5.28. The van der Waals surface area contributed by atoms with Crippen LogP contribution in [0.15, 0.2) is 23.3 Å². The summed E-state index contributed by atoms with van der Waals surface area (Å²) in [5, 5.41) is 0. The van der Waals surface area contributed by atoms with Crippen molar-refractivity contribution in [1.82, 2.24) is 4.98 Å². The molecule has 4 nitrogen and oxygen atoms in total. The van der Waals surface area contributed by atoms with Crippen molar-refractivity contribution in [2.75, 3.05) is 0 Å². The minimum atomic E-state index is -0.372. The molecule has 0 aliphatic heterocycles. The van der Waals surface area contributed by atoms with E-state index in [9.17, 15) is 4.39 Å². The third kappa shape index (κ3) is 4.61. The van der Waals surface area contributed by atoms with E-state index in [1.807, 2.05) is 0 Å². The molecular formula is C7H10FIN4. The zero-order valence-electron chi connectivity index (χ0n) is 6.77. The molecule has 13 heavy (non-hydrogen) atoms. The second-order valence-electron chi connectivity index (χ2n) is 2.21. The van der Waals surface area contributed by atoms with E-state index in [1.54, 1.807) is 0 Å². The molecule has 0 aromatic carbocycles. The fourth-order valence-electron chi connectivity index (χ4n) is 0.672. The van der Waals surface area contributed by atoms with Gasteiger partial charge in [0.2, 0.25) is 0 Å². The number of hydrogen-bond acceptors (Lipinski definition) is 2. The van der Waals surface area contributed by atoms with Crippen LogP contribution in [0.25, 0.3) is 0 Å². The maximum atomic E-state index is 12.3. The van der Waals surface area contributed by atoms with Crippen LogP contribution in [0.5, 0.6) is 0 Å².